The fraction of sp³-hybridized carbons (Fsp3) is 0.556. The maximum Gasteiger partial charge on any atom is 0.323 e. The van der Waals surface area contributed by atoms with Gasteiger partial charge >= 0.3 is 5.97 Å². The quantitative estimate of drug-likeness (QED) is 0.891. The van der Waals surface area contributed by atoms with Crippen LogP contribution < -0.4 is 5.56 Å². The molecule has 3 heterocycles. The molecule has 8 heteroatoms. The summed E-state index contributed by atoms with van der Waals surface area (Å²) in [7, 11) is 0. The van der Waals surface area contributed by atoms with Gasteiger partial charge in [0.25, 0.3) is 11.5 Å². The van der Waals surface area contributed by atoms with E-state index in [0.29, 0.717) is 23.4 Å². The van der Waals surface area contributed by atoms with E-state index in [2.05, 4.69) is 5.10 Å². The van der Waals surface area contributed by atoms with Gasteiger partial charge in [-0.25, -0.2) is 0 Å². The SMILES string of the molecule is CC(C)CN1Cc2c(n(CC(=O)O)c3cc(C(C)(C)C)nn3c2=O)C1=O. The highest BCUT2D eigenvalue weighted by Crippen LogP contribution is 2.26. The van der Waals surface area contributed by atoms with E-state index in [-0.39, 0.29) is 35.0 Å². The molecule has 2 aromatic heterocycles. The van der Waals surface area contributed by atoms with Crippen molar-refractivity contribution < 1.29 is 14.7 Å². The molecule has 0 bridgehead atoms. The molecule has 8 nitrogen and oxygen atoms in total. The second-order valence-corrected chi connectivity index (χ2v) is 8.24. The first-order chi connectivity index (χ1) is 12.0. The lowest BCUT2D eigenvalue weighted by Gasteiger charge is -2.18. The van der Waals surface area contributed by atoms with E-state index in [4.69, 9.17) is 0 Å². The number of hydrogen-bond donors (Lipinski definition) is 1. The maximum absolute atomic E-state index is 12.9. The lowest BCUT2D eigenvalue weighted by Crippen LogP contribution is -2.29. The van der Waals surface area contributed by atoms with Gasteiger partial charge in [-0.3, -0.25) is 14.4 Å². The van der Waals surface area contributed by atoms with Crippen LogP contribution in [0.3, 0.4) is 0 Å². The molecule has 1 N–H and O–H groups in total. The van der Waals surface area contributed by atoms with Crippen molar-refractivity contribution in [3.63, 3.8) is 0 Å². The Morgan fingerprint density at radius 3 is 2.50 bits per heavy atom. The molecule has 26 heavy (non-hydrogen) atoms. The first-order valence-corrected chi connectivity index (χ1v) is 8.67. The van der Waals surface area contributed by atoms with Crippen LogP contribution in [-0.4, -0.2) is 42.6 Å². The summed E-state index contributed by atoms with van der Waals surface area (Å²) in [6.45, 7) is 10.2. The third-order valence-corrected chi connectivity index (χ3v) is 4.46. The van der Waals surface area contributed by atoms with Crippen molar-refractivity contribution >= 4 is 17.5 Å². The summed E-state index contributed by atoms with van der Waals surface area (Å²) in [4.78, 5) is 38.8. The van der Waals surface area contributed by atoms with Crippen LogP contribution in [0.2, 0.25) is 0 Å². The number of nitrogens with zero attached hydrogens (tertiary/aromatic N) is 4. The van der Waals surface area contributed by atoms with Gasteiger partial charge < -0.3 is 14.6 Å². The second-order valence-electron chi connectivity index (χ2n) is 8.24. The van der Waals surface area contributed by atoms with Gasteiger partial charge in [0.1, 0.15) is 17.9 Å². The van der Waals surface area contributed by atoms with Gasteiger partial charge in [0.05, 0.1) is 17.8 Å². The Morgan fingerprint density at radius 2 is 1.96 bits per heavy atom. The summed E-state index contributed by atoms with van der Waals surface area (Å²) in [5, 5.41) is 13.7. The number of carboxylic acids is 1. The molecule has 1 aliphatic rings. The Bertz CT molecular complexity index is 962. The predicted octanol–water partition coefficient (Wildman–Crippen LogP) is 1.49. The Kier molecular flexibility index (Phi) is 4.17. The molecule has 0 aliphatic carbocycles. The van der Waals surface area contributed by atoms with Gasteiger partial charge in [-0.1, -0.05) is 34.6 Å². The minimum absolute atomic E-state index is 0.172. The Labute approximate surface area is 151 Å². The average Bonchev–Trinajstić information content (AvgIpc) is 3.06. The molecule has 140 valence electrons. The molecule has 3 rings (SSSR count). The number of aliphatic carboxylic acids is 1. The van der Waals surface area contributed by atoms with Crippen molar-refractivity contribution in [1.82, 2.24) is 19.1 Å². The molecule has 0 saturated carbocycles. The van der Waals surface area contributed by atoms with Crippen molar-refractivity contribution in [3.8, 4) is 0 Å². The summed E-state index contributed by atoms with van der Waals surface area (Å²) in [6.07, 6.45) is 0. The Hall–Kier alpha value is -2.64. The van der Waals surface area contributed by atoms with Crippen LogP contribution >= 0.6 is 0 Å². The predicted molar refractivity (Wildman–Crippen MR) is 95.4 cm³/mol. The molecule has 0 radical (unpaired) electrons. The van der Waals surface area contributed by atoms with E-state index in [1.54, 1.807) is 11.0 Å². The van der Waals surface area contributed by atoms with E-state index in [0.717, 1.165) is 0 Å². The normalized spacial score (nSPS) is 14.5. The summed E-state index contributed by atoms with van der Waals surface area (Å²) in [6, 6.07) is 1.70. The van der Waals surface area contributed by atoms with E-state index in [1.165, 1.54) is 9.08 Å². The van der Waals surface area contributed by atoms with Crippen LogP contribution in [0.5, 0.6) is 0 Å². The minimum Gasteiger partial charge on any atom is -0.480 e. The molecule has 0 saturated heterocycles. The highest BCUT2D eigenvalue weighted by Gasteiger charge is 2.35. The van der Waals surface area contributed by atoms with Gasteiger partial charge in [-0.05, 0) is 5.92 Å². The van der Waals surface area contributed by atoms with Crippen LogP contribution in [0.1, 0.15) is 56.4 Å². The molecule has 1 aliphatic heterocycles. The van der Waals surface area contributed by atoms with Gasteiger partial charge in [0.15, 0.2) is 0 Å². The van der Waals surface area contributed by atoms with Gasteiger partial charge in [0, 0.05) is 18.0 Å². The van der Waals surface area contributed by atoms with Gasteiger partial charge in [-0.15, -0.1) is 0 Å². The maximum atomic E-state index is 12.9. The lowest BCUT2D eigenvalue weighted by atomic mass is 9.93. The lowest BCUT2D eigenvalue weighted by molar-refractivity contribution is -0.137. The summed E-state index contributed by atoms with van der Waals surface area (Å²) >= 11 is 0. The van der Waals surface area contributed by atoms with Crippen LogP contribution in [0.25, 0.3) is 5.65 Å². The number of carboxylic acid groups (broad SMARTS) is 1. The zero-order chi connectivity index (χ0) is 19.4. The van der Waals surface area contributed by atoms with Crippen molar-refractivity contribution in [3.05, 3.63) is 33.4 Å². The van der Waals surface area contributed by atoms with Crippen molar-refractivity contribution in [1.29, 1.82) is 0 Å². The zero-order valence-corrected chi connectivity index (χ0v) is 15.7. The fourth-order valence-electron chi connectivity index (χ4n) is 3.27. The highest BCUT2D eigenvalue weighted by atomic mass is 16.4. The summed E-state index contributed by atoms with van der Waals surface area (Å²) < 4.78 is 2.64. The first kappa shape index (κ1) is 18.2. The summed E-state index contributed by atoms with van der Waals surface area (Å²) in [5.41, 5.74) is 0.827. The van der Waals surface area contributed by atoms with Crippen molar-refractivity contribution in [2.24, 2.45) is 5.92 Å². The van der Waals surface area contributed by atoms with Crippen LogP contribution in [0.4, 0.5) is 0 Å². The molecule has 1 amide bonds. The van der Waals surface area contributed by atoms with Gasteiger partial charge in [0.2, 0.25) is 0 Å². The van der Waals surface area contributed by atoms with Crippen molar-refractivity contribution in [2.75, 3.05) is 6.54 Å². The van der Waals surface area contributed by atoms with Gasteiger partial charge in [-0.2, -0.15) is 9.61 Å². The molecule has 0 unspecified atom stereocenters. The number of amides is 1. The number of fused-ring (bicyclic) bond motifs is 2. The topological polar surface area (TPSA) is 96.9 Å². The molecule has 0 atom stereocenters. The molecule has 0 fully saturated rings. The molecule has 2 aromatic rings. The smallest absolute Gasteiger partial charge is 0.323 e. The number of hydrogen-bond acceptors (Lipinski definition) is 4. The van der Waals surface area contributed by atoms with E-state index in [1.807, 2.05) is 34.6 Å². The molecule has 0 aromatic carbocycles. The zero-order valence-electron chi connectivity index (χ0n) is 15.7. The Morgan fingerprint density at radius 1 is 1.31 bits per heavy atom. The highest BCUT2D eigenvalue weighted by molar-refractivity contribution is 5.97. The Balaban J connectivity index is 2.29. The van der Waals surface area contributed by atoms with Crippen LogP contribution in [0, 0.1) is 5.92 Å². The third kappa shape index (κ3) is 2.89. The number of carbonyl (C=O) groups is 2. The number of rotatable bonds is 4. The third-order valence-electron chi connectivity index (χ3n) is 4.46. The van der Waals surface area contributed by atoms with Crippen LogP contribution in [0.15, 0.2) is 10.9 Å². The largest absolute Gasteiger partial charge is 0.480 e. The minimum atomic E-state index is -1.08. The molecule has 0 spiro atoms. The van der Waals surface area contributed by atoms with E-state index < -0.39 is 12.5 Å². The monoisotopic (exact) mass is 360 g/mol. The van der Waals surface area contributed by atoms with E-state index >= 15 is 0 Å². The number of carbonyl (C=O) groups excluding carboxylic acids is 1. The summed E-state index contributed by atoms with van der Waals surface area (Å²) in [5.74, 6) is -1.13. The molecular formula is C18H24N4O4. The second kappa shape index (κ2) is 5.96. The van der Waals surface area contributed by atoms with Crippen molar-refractivity contribution in [2.45, 2.75) is 53.1 Å². The fourth-order valence-corrected chi connectivity index (χ4v) is 3.27. The first-order valence-electron chi connectivity index (χ1n) is 8.67. The molecular weight excluding hydrogens is 336 g/mol. The number of aromatic nitrogens is 3. The average molecular weight is 360 g/mol. The standard InChI is InChI=1S/C18H24N4O4/c1-10(2)7-20-8-11-15(17(20)26)21(9-14(23)24)13-6-12(18(3,4)5)19-22(13)16(11)25/h6,10H,7-9H2,1-5H3,(H,23,24). The van der Waals surface area contributed by atoms with Crippen LogP contribution in [-0.2, 0) is 23.3 Å². The van der Waals surface area contributed by atoms with E-state index in [9.17, 15) is 19.5 Å².